The van der Waals surface area contributed by atoms with E-state index in [1.807, 2.05) is 0 Å². The number of rotatable bonds is 2. The number of carbonyl (C=O) groups is 1. The van der Waals surface area contributed by atoms with Crippen molar-refractivity contribution in [1.29, 1.82) is 0 Å². The first-order valence-electron chi connectivity index (χ1n) is 5.79. The van der Waals surface area contributed by atoms with Crippen LogP contribution in [0.4, 0.5) is 4.39 Å². The molecule has 1 aliphatic rings. The van der Waals surface area contributed by atoms with Crippen LogP contribution < -0.4 is 0 Å². The van der Waals surface area contributed by atoms with Crippen LogP contribution in [0.15, 0.2) is 18.2 Å². The monoisotopic (exact) mass is 238 g/mol. The molecule has 4 heteroatoms. The number of benzene rings is 1. The van der Waals surface area contributed by atoms with Crippen molar-refractivity contribution in [2.24, 2.45) is 5.92 Å². The van der Waals surface area contributed by atoms with Crippen molar-refractivity contribution in [2.75, 3.05) is 0 Å². The molecule has 0 aliphatic heterocycles. The van der Waals surface area contributed by atoms with Crippen LogP contribution in [-0.4, -0.2) is 16.2 Å². The molecule has 0 spiro atoms. The number of aliphatic carboxylic acids is 1. The number of hydrogen-bond acceptors (Lipinski definition) is 2. The number of hydrogen-bond donors (Lipinski definition) is 2. The fourth-order valence-corrected chi connectivity index (χ4v) is 2.51. The molecule has 0 heterocycles. The molecule has 1 saturated carbocycles. The first-order valence-corrected chi connectivity index (χ1v) is 5.79. The fourth-order valence-electron chi connectivity index (χ4n) is 2.51. The lowest BCUT2D eigenvalue weighted by Gasteiger charge is -2.26. The molecule has 0 aromatic heterocycles. The van der Waals surface area contributed by atoms with Gasteiger partial charge in [-0.2, -0.15) is 0 Å². The van der Waals surface area contributed by atoms with Gasteiger partial charge in [0.2, 0.25) is 0 Å². The van der Waals surface area contributed by atoms with Crippen molar-refractivity contribution in [2.45, 2.75) is 31.6 Å². The summed E-state index contributed by atoms with van der Waals surface area (Å²) in [6, 6.07) is 4.04. The zero-order valence-corrected chi connectivity index (χ0v) is 9.40. The molecule has 1 aliphatic carbocycles. The minimum atomic E-state index is -0.744. The van der Waals surface area contributed by atoms with E-state index in [4.69, 9.17) is 5.11 Å². The lowest BCUT2D eigenvalue weighted by molar-refractivity contribution is -0.142. The van der Waals surface area contributed by atoms with E-state index >= 15 is 0 Å². The lowest BCUT2D eigenvalue weighted by Crippen LogP contribution is -2.20. The van der Waals surface area contributed by atoms with Gasteiger partial charge >= 0.3 is 5.97 Å². The largest absolute Gasteiger partial charge is 0.508 e. The Kier molecular flexibility index (Phi) is 3.31. The summed E-state index contributed by atoms with van der Waals surface area (Å²) in [5, 5.41) is 18.5. The minimum Gasteiger partial charge on any atom is -0.508 e. The molecule has 2 N–H and O–H groups in total. The van der Waals surface area contributed by atoms with Crippen molar-refractivity contribution in [3.8, 4) is 5.75 Å². The maximum Gasteiger partial charge on any atom is 0.306 e. The Labute approximate surface area is 98.9 Å². The van der Waals surface area contributed by atoms with Crippen LogP contribution in [0, 0.1) is 11.7 Å². The molecule has 0 radical (unpaired) electrons. The second-order valence-corrected chi connectivity index (χ2v) is 4.59. The average Bonchev–Trinajstić information content (AvgIpc) is 2.29. The van der Waals surface area contributed by atoms with Crippen molar-refractivity contribution in [1.82, 2.24) is 0 Å². The third-order valence-corrected chi connectivity index (χ3v) is 3.51. The summed E-state index contributed by atoms with van der Waals surface area (Å²) < 4.78 is 12.8. The summed E-state index contributed by atoms with van der Waals surface area (Å²) in [6.45, 7) is 0. The van der Waals surface area contributed by atoms with Gasteiger partial charge in [-0.25, -0.2) is 4.39 Å². The molecule has 0 amide bonds. The molecule has 0 unspecified atom stereocenters. The van der Waals surface area contributed by atoms with Gasteiger partial charge in [-0.1, -0.05) is 6.07 Å². The molecular weight excluding hydrogens is 223 g/mol. The van der Waals surface area contributed by atoms with E-state index in [0.717, 1.165) is 24.5 Å². The SMILES string of the molecule is O=C(O)C1CCC(c2ccc(F)cc2O)CC1. The summed E-state index contributed by atoms with van der Waals surface area (Å²) in [5.41, 5.74) is 0.732. The second-order valence-electron chi connectivity index (χ2n) is 4.59. The Morgan fingerprint density at radius 2 is 1.88 bits per heavy atom. The topological polar surface area (TPSA) is 57.5 Å². The van der Waals surface area contributed by atoms with Gasteiger partial charge < -0.3 is 10.2 Å². The zero-order chi connectivity index (χ0) is 12.4. The van der Waals surface area contributed by atoms with Crippen molar-refractivity contribution in [3.63, 3.8) is 0 Å². The number of phenols is 1. The highest BCUT2D eigenvalue weighted by Crippen LogP contribution is 2.39. The van der Waals surface area contributed by atoms with Crippen LogP contribution in [0.3, 0.4) is 0 Å². The Morgan fingerprint density at radius 3 is 2.41 bits per heavy atom. The van der Waals surface area contributed by atoms with Gasteiger partial charge in [-0.05, 0) is 43.2 Å². The van der Waals surface area contributed by atoms with Crippen LogP contribution in [0.1, 0.15) is 37.2 Å². The fraction of sp³-hybridized carbons (Fsp3) is 0.462. The number of carboxylic acid groups (broad SMARTS) is 1. The quantitative estimate of drug-likeness (QED) is 0.832. The molecular formula is C13H15FO3. The number of halogens is 1. The molecule has 1 aromatic carbocycles. The van der Waals surface area contributed by atoms with Crippen LogP contribution in [-0.2, 0) is 4.79 Å². The van der Waals surface area contributed by atoms with Gasteiger partial charge in [0.25, 0.3) is 0 Å². The van der Waals surface area contributed by atoms with E-state index in [9.17, 15) is 14.3 Å². The lowest BCUT2D eigenvalue weighted by atomic mass is 9.78. The molecule has 0 atom stereocenters. The molecule has 3 nitrogen and oxygen atoms in total. The van der Waals surface area contributed by atoms with Crippen LogP contribution in [0.2, 0.25) is 0 Å². The van der Waals surface area contributed by atoms with Crippen molar-refractivity contribution < 1.29 is 19.4 Å². The van der Waals surface area contributed by atoms with Gasteiger partial charge in [0.15, 0.2) is 0 Å². The highest BCUT2D eigenvalue weighted by atomic mass is 19.1. The van der Waals surface area contributed by atoms with E-state index in [0.29, 0.717) is 12.8 Å². The van der Waals surface area contributed by atoms with E-state index < -0.39 is 11.8 Å². The molecule has 1 aromatic rings. The third-order valence-electron chi connectivity index (χ3n) is 3.51. The van der Waals surface area contributed by atoms with Gasteiger partial charge in [0.1, 0.15) is 11.6 Å². The summed E-state index contributed by atoms with van der Waals surface area (Å²) in [4.78, 5) is 10.8. The van der Waals surface area contributed by atoms with E-state index in [1.165, 1.54) is 6.07 Å². The Balaban J connectivity index is 2.08. The summed E-state index contributed by atoms with van der Waals surface area (Å²) in [5.74, 6) is -1.35. The summed E-state index contributed by atoms with van der Waals surface area (Å²) >= 11 is 0. The van der Waals surface area contributed by atoms with Crippen LogP contribution in [0.5, 0.6) is 5.75 Å². The predicted octanol–water partition coefficient (Wildman–Crippen LogP) is 2.89. The smallest absolute Gasteiger partial charge is 0.306 e. The summed E-state index contributed by atoms with van der Waals surface area (Å²) in [6.07, 6.45) is 2.71. The average molecular weight is 238 g/mol. The predicted molar refractivity (Wildman–Crippen MR) is 60.4 cm³/mol. The van der Waals surface area contributed by atoms with Crippen LogP contribution in [0.25, 0.3) is 0 Å². The van der Waals surface area contributed by atoms with Crippen molar-refractivity contribution >= 4 is 5.97 Å². The maximum atomic E-state index is 12.8. The molecule has 0 bridgehead atoms. The number of carboxylic acids is 1. The Bertz CT molecular complexity index is 423. The molecule has 92 valence electrons. The highest BCUT2D eigenvalue weighted by molar-refractivity contribution is 5.70. The maximum absolute atomic E-state index is 12.8. The third kappa shape index (κ3) is 2.57. The normalized spacial score (nSPS) is 24.5. The van der Waals surface area contributed by atoms with Gasteiger partial charge in [0, 0.05) is 6.07 Å². The zero-order valence-electron chi connectivity index (χ0n) is 9.40. The molecule has 2 rings (SSSR count). The van der Waals surface area contributed by atoms with E-state index in [1.54, 1.807) is 6.07 Å². The van der Waals surface area contributed by atoms with Crippen LogP contribution >= 0.6 is 0 Å². The first-order chi connectivity index (χ1) is 8.08. The second kappa shape index (κ2) is 4.73. The molecule has 1 fully saturated rings. The van der Waals surface area contributed by atoms with Gasteiger partial charge in [0.05, 0.1) is 5.92 Å². The number of aromatic hydroxyl groups is 1. The minimum absolute atomic E-state index is 0.0243. The summed E-state index contributed by atoms with van der Waals surface area (Å²) in [7, 11) is 0. The van der Waals surface area contributed by atoms with Gasteiger partial charge in [-0.15, -0.1) is 0 Å². The highest BCUT2D eigenvalue weighted by Gasteiger charge is 2.27. The first kappa shape index (κ1) is 11.9. The van der Waals surface area contributed by atoms with E-state index in [2.05, 4.69) is 0 Å². The molecule has 17 heavy (non-hydrogen) atoms. The standard InChI is InChI=1S/C13H15FO3/c14-10-5-6-11(12(15)7-10)8-1-3-9(4-2-8)13(16)17/h5-9,15H,1-4H2,(H,16,17). The van der Waals surface area contributed by atoms with Gasteiger partial charge in [-0.3, -0.25) is 4.79 Å². The van der Waals surface area contributed by atoms with Crippen molar-refractivity contribution in [3.05, 3.63) is 29.6 Å². The number of phenolic OH excluding ortho intramolecular Hbond substituents is 1. The Hall–Kier alpha value is -1.58. The Morgan fingerprint density at radius 1 is 1.24 bits per heavy atom. The van der Waals surface area contributed by atoms with E-state index in [-0.39, 0.29) is 17.6 Å². The molecule has 0 saturated heterocycles.